The number of aromatic nitrogens is 1. The van der Waals surface area contributed by atoms with Gasteiger partial charge in [0.15, 0.2) is 0 Å². The maximum Gasteiger partial charge on any atom is 0.281 e. The van der Waals surface area contributed by atoms with Crippen LogP contribution in [0.4, 0.5) is 8.78 Å². The molecule has 1 aromatic heterocycles. The Kier molecular flexibility index (Phi) is 4.02. The average Bonchev–Trinajstić information content (AvgIpc) is 2.15. The van der Waals surface area contributed by atoms with Crippen molar-refractivity contribution >= 4 is 35.7 Å². The zero-order valence-corrected chi connectivity index (χ0v) is 10.3. The van der Waals surface area contributed by atoms with E-state index in [0.717, 1.165) is 6.07 Å². The zero-order valence-electron chi connectivity index (χ0n) is 7.12. The summed E-state index contributed by atoms with van der Waals surface area (Å²) in [7, 11) is 0.801. The van der Waals surface area contributed by atoms with Gasteiger partial charge in [0.2, 0.25) is 0 Å². The van der Waals surface area contributed by atoms with Crippen LogP contribution in [0.25, 0.3) is 0 Å². The summed E-state index contributed by atoms with van der Waals surface area (Å²) in [6.07, 6.45) is -2.98. The van der Waals surface area contributed by atoms with Crippen LogP contribution in [0, 0.1) is 0 Å². The highest BCUT2D eigenvalue weighted by Gasteiger charge is 2.23. The fraction of sp³-hybridized carbons (Fsp3) is 0.286. The third-order valence-electron chi connectivity index (χ3n) is 1.55. The number of pyridine rings is 1. The minimum Gasteiger partial charge on any atom is -0.250 e. The Morgan fingerprint density at radius 1 is 1.47 bits per heavy atom. The van der Waals surface area contributed by atoms with Gasteiger partial charge in [-0.15, -0.1) is 0 Å². The topological polar surface area (TPSA) is 47.0 Å². The largest absolute Gasteiger partial charge is 0.281 e. The van der Waals surface area contributed by atoms with Gasteiger partial charge in [0, 0.05) is 16.0 Å². The van der Waals surface area contributed by atoms with E-state index in [4.69, 9.17) is 10.7 Å². The maximum absolute atomic E-state index is 12.5. The standard InChI is InChI=1S/C7H5BrClF2NO2S/c8-3-4-1-2-5(15(9,13)14)6(12-4)7(10)11/h1-2,7H,3H2. The molecule has 3 nitrogen and oxygen atoms in total. The van der Waals surface area contributed by atoms with Crippen molar-refractivity contribution < 1.29 is 17.2 Å². The molecule has 0 aliphatic carbocycles. The summed E-state index contributed by atoms with van der Waals surface area (Å²) in [5.74, 6) is 0. The lowest BCUT2D eigenvalue weighted by molar-refractivity contribution is 0.142. The minimum atomic E-state index is -4.19. The third kappa shape index (κ3) is 3.09. The molecule has 0 saturated carbocycles. The van der Waals surface area contributed by atoms with E-state index in [1.807, 2.05) is 0 Å². The fourth-order valence-electron chi connectivity index (χ4n) is 0.941. The zero-order chi connectivity index (χ0) is 11.6. The predicted molar refractivity (Wildman–Crippen MR) is 54.9 cm³/mol. The molecule has 1 aromatic rings. The Labute approximate surface area is 98.0 Å². The van der Waals surface area contributed by atoms with Crippen LogP contribution in [-0.2, 0) is 14.4 Å². The SMILES string of the molecule is O=S(=O)(Cl)c1ccc(CBr)nc1C(F)F. The number of hydrogen-bond acceptors (Lipinski definition) is 3. The lowest BCUT2D eigenvalue weighted by Gasteiger charge is -2.06. The monoisotopic (exact) mass is 319 g/mol. The lowest BCUT2D eigenvalue weighted by atomic mass is 10.3. The first-order chi connectivity index (χ1) is 6.86. The number of rotatable bonds is 3. The van der Waals surface area contributed by atoms with Crippen LogP contribution in [0.3, 0.4) is 0 Å². The molecule has 0 atom stereocenters. The summed E-state index contributed by atoms with van der Waals surface area (Å²) >= 11 is 3.03. The third-order valence-corrected chi connectivity index (χ3v) is 3.49. The summed E-state index contributed by atoms with van der Waals surface area (Å²) in [6.45, 7) is 0. The Hall–Kier alpha value is -0.270. The van der Waals surface area contributed by atoms with Crippen molar-refractivity contribution in [2.45, 2.75) is 16.7 Å². The second-order valence-corrected chi connectivity index (χ2v) is 5.65. The van der Waals surface area contributed by atoms with Gasteiger partial charge in [0.25, 0.3) is 15.5 Å². The van der Waals surface area contributed by atoms with Gasteiger partial charge in [0.1, 0.15) is 10.6 Å². The summed E-state index contributed by atoms with van der Waals surface area (Å²) in [4.78, 5) is 2.85. The molecule has 0 N–H and O–H groups in total. The average molecular weight is 321 g/mol. The molecule has 15 heavy (non-hydrogen) atoms. The van der Waals surface area contributed by atoms with Crippen LogP contribution in [0.5, 0.6) is 0 Å². The van der Waals surface area contributed by atoms with E-state index in [1.54, 1.807) is 0 Å². The highest BCUT2D eigenvalue weighted by molar-refractivity contribution is 9.08. The Bertz CT molecular complexity index is 466. The summed E-state index contributed by atoms with van der Waals surface area (Å²) < 4.78 is 46.8. The summed E-state index contributed by atoms with van der Waals surface area (Å²) in [5.41, 5.74) is -0.503. The second-order valence-electron chi connectivity index (χ2n) is 2.56. The molecule has 0 unspecified atom stereocenters. The van der Waals surface area contributed by atoms with Gasteiger partial charge >= 0.3 is 0 Å². The van der Waals surface area contributed by atoms with Crippen molar-refractivity contribution in [2.75, 3.05) is 0 Å². The maximum atomic E-state index is 12.5. The van der Waals surface area contributed by atoms with Crippen molar-refractivity contribution in [1.29, 1.82) is 0 Å². The smallest absolute Gasteiger partial charge is 0.250 e. The Balaban J connectivity index is 3.41. The molecule has 0 bridgehead atoms. The van der Waals surface area contributed by atoms with E-state index in [-0.39, 0.29) is 5.33 Å². The van der Waals surface area contributed by atoms with Gasteiger partial charge < -0.3 is 0 Å². The van der Waals surface area contributed by atoms with Crippen molar-refractivity contribution in [1.82, 2.24) is 4.98 Å². The van der Waals surface area contributed by atoms with E-state index < -0.39 is 26.1 Å². The molecule has 1 heterocycles. The second kappa shape index (κ2) is 4.71. The molecule has 0 amide bonds. The molecule has 0 radical (unpaired) electrons. The first kappa shape index (κ1) is 12.8. The highest BCUT2D eigenvalue weighted by atomic mass is 79.9. The normalized spacial score (nSPS) is 12.1. The van der Waals surface area contributed by atoms with E-state index in [9.17, 15) is 17.2 Å². The Morgan fingerprint density at radius 2 is 2.07 bits per heavy atom. The molecule has 0 fully saturated rings. The van der Waals surface area contributed by atoms with Crippen LogP contribution in [-0.4, -0.2) is 13.4 Å². The van der Waals surface area contributed by atoms with E-state index >= 15 is 0 Å². The van der Waals surface area contributed by atoms with E-state index in [2.05, 4.69) is 20.9 Å². The van der Waals surface area contributed by atoms with Crippen LogP contribution >= 0.6 is 26.6 Å². The van der Waals surface area contributed by atoms with Gasteiger partial charge in [-0.1, -0.05) is 15.9 Å². The molecule has 84 valence electrons. The first-order valence-corrected chi connectivity index (χ1v) is 7.08. The van der Waals surface area contributed by atoms with Crippen molar-refractivity contribution in [3.05, 3.63) is 23.5 Å². The van der Waals surface area contributed by atoms with Crippen LogP contribution in [0.15, 0.2) is 17.0 Å². The summed E-state index contributed by atoms with van der Waals surface area (Å²) in [5, 5.41) is 0.259. The van der Waals surface area contributed by atoms with Gasteiger partial charge in [-0.2, -0.15) is 0 Å². The molecule has 0 aromatic carbocycles. The van der Waals surface area contributed by atoms with Crippen LogP contribution in [0.1, 0.15) is 17.8 Å². The Morgan fingerprint density at radius 3 is 2.47 bits per heavy atom. The van der Waals surface area contributed by atoms with E-state index in [0.29, 0.717) is 5.69 Å². The van der Waals surface area contributed by atoms with Crippen molar-refractivity contribution in [3.8, 4) is 0 Å². The highest BCUT2D eigenvalue weighted by Crippen LogP contribution is 2.27. The predicted octanol–water partition coefficient (Wildman–Crippen LogP) is 2.84. The first-order valence-electron chi connectivity index (χ1n) is 3.65. The molecule has 0 aliphatic heterocycles. The van der Waals surface area contributed by atoms with Crippen molar-refractivity contribution in [3.63, 3.8) is 0 Å². The molecule has 1 rings (SSSR count). The van der Waals surface area contributed by atoms with Crippen LogP contribution < -0.4 is 0 Å². The van der Waals surface area contributed by atoms with Crippen molar-refractivity contribution in [2.24, 2.45) is 0 Å². The van der Waals surface area contributed by atoms with E-state index in [1.165, 1.54) is 6.07 Å². The van der Waals surface area contributed by atoms with Gasteiger partial charge in [-0.3, -0.25) is 0 Å². The summed E-state index contributed by atoms with van der Waals surface area (Å²) in [6, 6.07) is 2.34. The van der Waals surface area contributed by atoms with Gasteiger partial charge in [0.05, 0.1) is 5.69 Å². The molecule has 0 aliphatic rings. The number of nitrogens with zero attached hydrogens (tertiary/aromatic N) is 1. The number of alkyl halides is 3. The molecule has 0 saturated heterocycles. The van der Waals surface area contributed by atoms with Gasteiger partial charge in [-0.25, -0.2) is 22.2 Å². The quantitative estimate of drug-likeness (QED) is 0.635. The number of halogens is 4. The van der Waals surface area contributed by atoms with Gasteiger partial charge in [-0.05, 0) is 12.1 Å². The lowest BCUT2D eigenvalue weighted by Crippen LogP contribution is -2.03. The molecular weight excluding hydrogens is 316 g/mol. The fourth-order valence-corrected chi connectivity index (χ4v) is 2.26. The number of hydrogen-bond donors (Lipinski definition) is 0. The molecule has 0 spiro atoms. The molecular formula is C7H5BrClF2NO2S. The molecule has 8 heteroatoms. The van der Waals surface area contributed by atoms with Crippen LogP contribution in [0.2, 0.25) is 0 Å². The minimum absolute atomic E-state index is 0.259.